The van der Waals surface area contributed by atoms with Gasteiger partial charge in [0.2, 0.25) is 5.82 Å². The van der Waals surface area contributed by atoms with Crippen LogP contribution in [0, 0.1) is 13.8 Å². The van der Waals surface area contributed by atoms with E-state index in [2.05, 4.69) is 15.4 Å². The van der Waals surface area contributed by atoms with Crippen molar-refractivity contribution in [3.05, 3.63) is 92.7 Å². The Hall–Kier alpha value is -2.86. The Morgan fingerprint density at radius 1 is 0.935 bits per heavy atom. The fourth-order valence-electron chi connectivity index (χ4n) is 3.04. The zero-order valence-corrected chi connectivity index (χ0v) is 18.9. The fraction of sp³-hybridized carbons (Fsp3) is 0.0870. The smallest absolute Gasteiger partial charge is 0.295 e. The first-order chi connectivity index (χ1) is 14.8. The standard InChI is InChI=1S/C23H17Cl3N4O/c1-13-9-10-17(12-19(13)26)30-22(15-5-3-6-16(24)11-15)28-21(29-30)23(31)27-20-8-4-7-18(25)14(20)2/h3-12H,1-2H3,(H,27,31). The van der Waals surface area contributed by atoms with Crippen molar-refractivity contribution in [1.29, 1.82) is 0 Å². The summed E-state index contributed by atoms with van der Waals surface area (Å²) < 4.78 is 1.58. The number of anilines is 1. The van der Waals surface area contributed by atoms with Gasteiger partial charge in [-0.25, -0.2) is 9.67 Å². The third-order valence-electron chi connectivity index (χ3n) is 4.81. The van der Waals surface area contributed by atoms with E-state index in [1.807, 2.05) is 38.1 Å². The molecule has 4 aromatic rings. The molecule has 0 fully saturated rings. The van der Waals surface area contributed by atoms with E-state index in [0.717, 1.165) is 16.7 Å². The highest BCUT2D eigenvalue weighted by Crippen LogP contribution is 2.27. The van der Waals surface area contributed by atoms with Gasteiger partial charge in [0.25, 0.3) is 5.91 Å². The average molecular weight is 472 g/mol. The van der Waals surface area contributed by atoms with Gasteiger partial charge in [-0.1, -0.05) is 59.1 Å². The van der Waals surface area contributed by atoms with Crippen LogP contribution in [0.25, 0.3) is 17.1 Å². The molecular formula is C23H17Cl3N4O. The monoisotopic (exact) mass is 470 g/mol. The molecule has 0 aliphatic rings. The number of benzene rings is 3. The second-order valence-electron chi connectivity index (χ2n) is 6.98. The Morgan fingerprint density at radius 3 is 2.45 bits per heavy atom. The molecule has 0 radical (unpaired) electrons. The lowest BCUT2D eigenvalue weighted by molar-refractivity contribution is 0.101. The summed E-state index contributed by atoms with van der Waals surface area (Å²) in [6.07, 6.45) is 0. The number of nitrogens with zero attached hydrogens (tertiary/aromatic N) is 3. The summed E-state index contributed by atoms with van der Waals surface area (Å²) in [5, 5.41) is 8.99. The van der Waals surface area contributed by atoms with Crippen molar-refractivity contribution in [2.24, 2.45) is 0 Å². The Kier molecular flexibility index (Phi) is 6.01. The number of aryl methyl sites for hydroxylation is 1. The minimum atomic E-state index is -0.453. The van der Waals surface area contributed by atoms with E-state index in [9.17, 15) is 4.79 Å². The molecule has 0 saturated carbocycles. The van der Waals surface area contributed by atoms with Crippen LogP contribution in [0.3, 0.4) is 0 Å². The molecule has 3 aromatic carbocycles. The van der Waals surface area contributed by atoms with Crippen LogP contribution in [0.5, 0.6) is 0 Å². The summed E-state index contributed by atoms with van der Waals surface area (Å²) >= 11 is 18.7. The van der Waals surface area contributed by atoms with Crippen LogP contribution in [0.4, 0.5) is 5.69 Å². The second-order valence-corrected chi connectivity index (χ2v) is 8.23. The molecule has 0 atom stereocenters. The highest BCUT2D eigenvalue weighted by atomic mass is 35.5. The molecule has 1 N–H and O–H groups in total. The number of halogens is 3. The van der Waals surface area contributed by atoms with Crippen molar-refractivity contribution in [3.8, 4) is 17.1 Å². The quantitative estimate of drug-likeness (QED) is 0.357. The van der Waals surface area contributed by atoms with E-state index < -0.39 is 5.91 Å². The van der Waals surface area contributed by atoms with Gasteiger partial charge >= 0.3 is 0 Å². The van der Waals surface area contributed by atoms with Gasteiger partial charge in [-0.3, -0.25) is 4.79 Å². The van der Waals surface area contributed by atoms with Gasteiger partial charge in [0.05, 0.1) is 5.69 Å². The van der Waals surface area contributed by atoms with Gasteiger partial charge in [-0.2, -0.15) is 0 Å². The highest BCUT2D eigenvalue weighted by molar-refractivity contribution is 6.32. The molecule has 0 aliphatic heterocycles. The summed E-state index contributed by atoms with van der Waals surface area (Å²) in [6, 6.07) is 18.0. The van der Waals surface area contributed by atoms with Gasteiger partial charge in [0.1, 0.15) is 0 Å². The predicted molar refractivity (Wildman–Crippen MR) is 126 cm³/mol. The topological polar surface area (TPSA) is 59.8 Å². The number of nitrogens with one attached hydrogen (secondary N) is 1. The zero-order valence-electron chi connectivity index (χ0n) is 16.7. The van der Waals surface area contributed by atoms with Crippen molar-refractivity contribution < 1.29 is 4.79 Å². The molecule has 1 heterocycles. The number of aromatic nitrogens is 3. The maximum atomic E-state index is 12.9. The van der Waals surface area contributed by atoms with Crippen LogP contribution in [0.15, 0.2) is 60.7 Å². The largest absolute Gasteiger partial charge is 0.319 e. The van der Waals surface area contributed by atoms with Gasteiger partial charge in [-0.05, 0) is 61.4 Å². The third-order valence-corrected chi connectivity index (χ3v) is 5.86. The fourth-order valence-corrected chi connectivity index (χ4v) is 3.58. The summed E-state index contributed by atoms with van der Waals surface area (Å²) in [5.41, 5.74) is 3.68. The molecule has 31 heavy (non-hydrogen) atoms. The van der Waals surface area contributed by atoms with Crippen molar-refractivity contribution in [2.75, 3.05) is 5.32 Å². The van der Waals surface area contributed by atoms with Gasteiger partial charge in [0, 0.05) is 26.3 Å². The Labute approximate surface area is 194 Å². The van der Waals surface area contributed by atoms with Crippen LogP contribution in [-0.4, -0.2) is 20.7 Å². The number of hydrogen-bond donors (Lipinski definition) is 1. The van der Waals surface area contributed by atoms with E-state index in [1.165, 1.54) is 0 Å². The first-order valence-corrected chi connectivity index (χ1v) is 10.5. The predicted octanol–water partition coefficient (Wildman–Crippen LogP) is 6.76. The van der Waals surface area contributed by atoms with Gasteiger partial charge in [-0.15, -0.1) is 5.10 Å². The number of rotatable bonds is 4. The van der Waals surface area contributed by atoms with E-state index in [4.69, 9.17) is 34.8 Å². The maximum Gasteiger partial charge on any atom is 0.295 e. The number of amides is 1. The molecular weight excluding hydrogens is 455 g/mol. The minimum absolute atomic E-state index is 0.00560. The van der Waals surface area contributed by atoms with Crippen molar-refractivity contribution in [2.45, 2.75) is 13.8 Å². The molecule has 4 rings (SSSR count). The highest BCUT2D eigenvalue weighted by Gasteiger charge is 2.20. The number of hydrogen-bond acceptors (Lipinski definition) is 3. The first kappa shape index (κ1) is 21.4. The molecule has 156 valence electrons. The Bertz CT molecular complexity index is 1300. The maximum absolute atomic E-state index is 12.9. The summed E-state index contributed by atoms with van der Waals surface area (Å²) in [7, 11) is 0. The third kappa shape index (κ3) is 4.44. The van der Waals surface area contributed by atoms with Crippen LogP contribution >= 0.6 is 34.8 Å². The normalized spacial score (nSPS) is 10.9. The van der Waals surface area contributed by atoms with E-state index in [-0.39, 0.29) is 5.82 Å². The van der Waals surface area contributed by atoms with Crippen LogP contribution < -0.4 is 5.32 Å². The molecule has 0 aliphatic carbocycles. The molecule has 8 heteroatoms. The minimum Gasteiger partial charge on any atom is -0.319 e. The van der Waals surface area contributed by atoms with Crippen LogP contribution in [0.1, 0.15) is 21.7 Å². The lowest BCUT2D eigenvalue weighted by atomic mass is 10.2. The molecule has 0 unspecified atom stereocenters. The summed E-state index contributed by atoms with van der Waals surface area (Å²) in [4.78, 5) is 17.5. The average Bonchev–Trinajstić information content (AvgIpc) is 3.19. The Balaban J connectivity index is 1.80. The van der Waals surface area contributed by atoms with Crippen molar-refractivity contribution >= 4 is 46.4 Å². The van der Waals surface area contributed by atoms with E-state index >= 15 is 0 Å². The van der Waals surface area contributed by atoms with Gasteiger partial charge < -0.3 is 5.32 Å². The molecule has 0 bridgehead atoms. The molecule has 1 aromatic heterocycles. The van der Waals surface area contributed by atoms with Crippen molar-refractivity contribution in [1.82, 2.24) is 14.8 Å². The SMILES string of the molecule is Cc1ccc(-n2nc(C(=O)Nc3cccc(Cl)c3C)nc2-c2cccc(Cl)c2)cc1Cl. The van der Waals surface area contributed by atoms with Crippen LogP contribution in [-0.2, 0) is 0 Å². The van der Waals surface area contributed by atoms with Crippen molar-refractivity contribution in [3.63, 3.8) is 0 Å². The Morgan fingerprint density at radius 2 is 1.71 bits per heavy atom. The molecule has 5 nitrogen and oxygen atoms in total. The molecule has 1 amide bonds. The van der Waals surface area contributed by atoms with E-state index in [1.54, 1.807) is 41.1 Å². The molecule has 0 spiro atoms. The first-order valence-electron chi connectivity index (χ1n) is 9.39. The lowest BCUT2D eigenvalue weighted by Gasteiger charge is -2.08. The van der Waals surface area contributed by atoms with Gasteiger partial charge in [0.15, 0.2) is 5.82 Å². The van der Waals surface area contributed by atoms with E-state index in [0.29, 0.717) is 32.3 Å². The summed E-state index contributed by atoms with van der Waals surface area (Å²) in [6.45, 7) is 3.74. The van der Waals surface area contributed by atoms with Crippen LogP contribution in [0.2, 0.25) is 15.1 Å². The summed E-state index contributed by atoms with van der Waals surface area (Å²) in [5.74, 6) is 0.0204. The number of carbonyl (C=O) groups excluding carboxylic acids is 1. The zero-order chi connectivity index (χ0) is 22.1. The number of carbonyl (C=O) groups is 1. The lowest BCUT2D eigenvalue weighted by Crippen LogP contribution is -2.15. The molecule has 0 saturated heterocycles. The second kappa shape index (κ2) is 8.71.